The van der Waals surface area contributed by atoms with Crippen LogP contribution in [0.4, 0.5) is 0 Å². The Bertz CT molecular complexity index is 1190. The van der Waals surface area contributed by atoms with Gasteiger partial charge in [-0.25, -0.2) is 9.98 Å². The van der Waals surface area contributed by atoms with Gasteiger partial charge in [0.2, 0.25) is 0 Å². The summed E-state index contributed by atoms with van der Waals surface area (Å²) in [7, 11) is 0. The van der Waals surface area contributed by atoms with Crippen LogP contribution >= 0.6 is 0 Å². The molecule has 1 aliphatic heterocycles. The van der Waals surface area contributed by atoms with E-state index >= 15 is 0 Å². The number of aliphatic imine (C=N–C) groups is 2. The topological polar surface area (TPSA) is 49.9 Å². The Kier molecular flexibility index (Phi) is 3.75. The molecule has 5 rings (SSSR count). The number of hydrogen-bond donors (Lipinski definition) is 1. The Labute approximate surface area is 157 Å². The lowest BCUT2D eigenvalue weighted by atomic mass is 10.0. The molecule has 1 N–H and O–H groups in total. The molecule has 0 saturated heterocycles. The van der Waals surface area contributed by atoms with Crippen LogP contribution in [0.3, 0.4) is 0 Å². The largest absolute Gasteiger partial charge is 0.456 e. The maximum atomic E-state index is 6.04. The molecule has 2 heterocycles. The number of rotatable bonds is 3. The first-order valence-corrected chi connectivity index (χ1v) is 9.22. The zero-order valence-corrected chi connectivity index (χ0v) is 15.0. The smallest absolute Gasteiger partial charge is 0.144 e. The zero-order chi connectivity index (χ0) is 18.2. The average Bonchev–Trinajstić information content (AvgIpc) is 3.13. The predicted molar refractivity (Wildman–Crippen MR) is 110 cm³/mol. The van der Waals surface area contributed by atoms with Crippen molar-refractivity contribution in [2.45, 2.75) is 19.5 Å². The first-order valence-electron chi connectivity index (χ1n) is 9.22. The molecule has 1 atom stereocenters. The number of nitrogens with zero attached hydrogens (tertiary/aromatic N) is 2. The van der Waals surface area contributed by atoms with Crippen molar-refractivity contribution in [1.29, 1.82) is 0 Å². The molecule has 27 heavy (non-hydrogen) atoms. The minimum Gasteiger partial charge on any atom is -0.456 e. The fraction of sp³-hybridized carbons (Fsp3) is 0.130. The quantitative estimate of drug-likeness (QED) is 0.556. The van der Waals surface area contributed by atoms with Crippen LogP contribution in [-0.2, 0) is 0 Å². The molecule has 0 fully saturated rings. The zero-order valence-electron chi connectivity index (χ0n) is 15.0. The van der Waals surface area contributed by atoms with Gasteiger partial charge in [-0.1, -0.05) is 67.6 Å². The van der Waals surface area contributed by atoms with Gasteiger partial charge < -0.3 is 9.73 Å². The number of nitrogens with one attached hydrogen (secondary N) is 1. The molecule has 0 saturated carbocycles. The number of hydrogen-bond acceptors (Lipinski definition) is 4. The van der Waals surface area contributed by atoms with Crippen LogP contribution in [0.25, 0.3) is 21.9 Å². The first kappa shape index (κ1) is 15.8. The third kappa shape index (κ3) is 2.70. The van der Waals surface area contributed by atoms with Gasteiger partial charge >= 0.3 is 0 Å². The van der Waals surface area contributed by atoms with Crippen molar-refractivity contribution < 1.29 is 4.42 Å². The van der Waals surface area contributed by atoms with Gasteiger partial charge in [0.15, 0.2) is 0 Å². The van der Waals surface area contributed by atoms with Crippen LogP contribution in [0.1, 0.15) is 24.5 Å². The van der Waals surface area contributed by atoms with Crippen molar-refractivity contribution in [2.75, 3.05) is 0 Å². The second kappa shape index (κ2) is 6.40. The van der Waals surface area contributed by atoms with E-state index in [9.17, 15) is 0 Å². The normalized spacial score (nSPS) is 16.9. The Hall–Kier alpha value is -3.40. The van der Waals surface area contributed by atoms with Crippen LogP contribution in [0.2, 0.25) is 0 Å². The molecule has 4 heteroatoms. The second-order valence-corrected chi connectivity index (χ2v) is 6.61. The molecule has 0 bridgehead atoms. The molecule has 1 unspecified atom stereocenters. The Balaban J connectivity index is 1.67. The van der Waals surface area contributed by atoms with Gasteiger partial charge in [0, 0.05) is 21.9 Å². The molecule has 0 radical (unpaired) electrons. The molecule has 3 aromatic carbocycles. The summed E-state index contributed by atoms with van der Waals surface area (Å²) in [6.07, 6.45) is 0.758. The molecule has 1 aliphatic rings. The van der Waals surface area contributed by atoms with E-state index in [-0.39, 0.29) is 6.17 Å². The van der Waals surface area contributed by atoms with Gasteiger partial charge in [-0.15, -0.1) is 0 Å². The van der Waals surface area contributed by atoms with Crippen LogP contribution < -0.4 is 5.32 Å². The fourth-order valence-electron chi connectivity index (χ4n) is 3.54. The SMILES string of the molecule is CCC1N=C(c2ccccc2)NC(c2cccc3oc4ccccc4c23)=N1. The van der Waals surface area contributed by atoms with Crippen LogP contribution in [0.5, 0.6) is 0 Å². The number of furan rings is 1. The first-order chi connectivity index (χ1) is 13.3. The second-order valence-electron chi connectivity index (χ2n) is 6.61. The van der Waals surface area contributed by atoms with E-state index in [1.54, 1.807) is 0 Å². The lowest BCUT2D eigenvalue weighted by molar-refractivity contribution is 0.668. The summed E-state index contributed by atoms with van der Waals surface area (Å²) in [5.74, 6) is 1.70. The van der Waals surface area contributed by atoms with Crippen molar-refractivity contribution in [3.8, 4) is 0 Å². The summed E-state index contributed by atoms with van der Waals surface area (Å²) in [4.78, 5) is 9.63. The van der Waals surface area contributed by atoms with E-state index < -0.39 is 0 Å². The van der Waals surface area contributed by atoms with Gasteiger partial charge in [-0.05, 0) is 18.6 Å². The molecule has 0 amide bonds. The maximum absolute atomic E-state index is 6.04. The van der Waals surface area contributed by atoms with E-state index in [0.717, 1.165) is 51.2 Å². The summed E-state index contributed by atoms with van der Waals surface area (Å²) in [6.45, 7) is 2.11. The molecule has 4 nitrogen and oxygen atoms in total. The van der Waals surface area contributed by atoms with E-state index in [1.165, 1.54) is 0 Å². The van der Waals surface area contributed by atoms with Gasteiger partial charge in [-0.3, -0.25) is 0 Å². The standard InChI is InChI=1S/C23H19N3O/c1-2-20-24-22(15-9-4-3-5-10-15)26-23(25-20)17-12-8-14-19-21(17)16-11-6-7-13-18(16)27-19/h3-14,20H,2H2,1H3,(H,24,25,26). The number of para-hydroxylation sites is 1. The average molecular weight is 353 g/mol. The Morgan fingerprint density at radius 2 is 1.56 bits per heavy atom. The number of fused-ring (bicyclic) bond motifs is 3. The molecule has 0 aliphatic carbocycles. The summed E-state index contributed by atoms with van der Waals surface area (Å²) in [6, 6.07) is 24.4. The Morgan fingerprint density at radius 3 is 2.41 bits per heavy atom. The maximum Gasteiger partial charge on any atom is 0.144 e. The summed E-state index contributed by atoms with van der Waals surface area (Å²) in [5.41, 5.74) is 3.86. The van der Waals surface area contributed by atoms with Crippen molar-refractivity contribution in [3.05, 3.63) is 83.9 Å². The Morgan fingerprint density at radius 1 is 0.815 bits per heavy atom. The van der Waals surface area contributed by atoms with Crippen LogP contribution in [0, 0.1) is 0 Å². The summed E-state index contributed by atoms with van der Waals surface area (Å²) in [5, 5.41) is 5.64. The van der Waals surface area contributed by atoms with Crippen molar-refractivity contribution in [1.82, 2.24) is 5.32 Å². The molecular formula is C23H19N3O. The minimum atomic E-state index is -0.0927. The highest BCUT2D eigenvalue weighted by Crippen LogP contribution is 2.31. The molecule has 132 valence electrons. The van der Waals surface area contributed by atoms with E-state index in [2.05, 4.69) is 36.5 Å². The minimum absolute atomic E-state index is 0.0927. The molecule has 0 spiro atoms. The van der Waals surface area contributed by atoms with E-state index in [0.29, 0.717) is 0 Å². The molecule has 1 aromatic heterocycles. The van der Waals surface area contributed by atoms with Crippen molar-refractivity contribution in [2.24, 2.45) is 9.98 Å². The lowest BCUT2D eigenvalue weighted by Crippen LogP contribution is -2.37. The van der Waals surface area contributed by atoms with E-state index in [4.69, 9.17) is 14.4 Å². The third-order valence-corrected chi connectivity index (χ3v) is 4.86. The summed E-state index contributed by atoms with van der Waals surface area (Å²) < 4.78 is 6.04. The highest BCUT2D eigenvalue weighted by Gasteiger charge is 2.21. The van der Waals surface area contributed by atoms with Gasteiger partial charge in [0.25, 0.3) is 0 Å². The third-order valence-electron chi connectivity index (χ3n) is 4.86. The van der Waals surface area contributed by atoms with Crippen molar-refractivity contribution >= 4 is 33.6 Å². The lowest BCUT2D eigenvalue weighted by Gasteiger charge is -2.21. The highest BCUT2D eigenvalue weighted by atomic mass is 16.3. The van der Waals surface area contributed by atoms with Gasteiger partial charge in [0.1, 0.15) is 29.0 Å². The van der Waals surface area contributed by atoms with Crippen LogP contribution in [0.15, 0.2) is 87.2 Å². The summed E-state index contributed by atoms with van der Waals surface area (Å²) >= 11 is 0. The predicted octanol–water partition coefficient (Wildman–Crippen LogP) is 5.12. The number of amidine groups is 2. The van der Waals surface area contributed by atoms with Crippen molar-refractivity contribution in [3.63, 3.8) is 0 Å². The highest BCUT2D eigenvalue weighted by molar-refractivity contribution is 6.23. The molecular weight excluding hydrogens is 334 g/mol. The monoisotopic (exact) mass is 353 g/mol. The van der Waals surface area contributed by atoms with Gasteiger partial charge in [0.05, 0.1) is 0 Å². The number of benzene rings is 3. The van der Waals surface area contributed by atoms with Gasteiger partial charge in [-0.2, -0.15) is 0 Å². The molecule has 4 aromatic rings. The van der Waals surface area contributed by atoms with Crippen LogP contribution in [-0.4, -0.2) is 17.8 Å². The van der Waals surface area contributed by atoms with E-state index in [1.807, 2.05) is 48.5 Å². The fourth-order valence-corrected chi connectivity index (χ4v) is 3.54.